The van der Waals surface area contributed by atoms with E-state index in [2.05, 4.69) is 11.9 Å². The Kier molecular flexibility index (Phi) is 5.83. The molecule has 0 aromatic heterocycles. The summed E-state index contributed by atoms with van der Waals surface area (Å²) in [6, 6.07) is 3.63. The summed E-state index contributed by atoms with van der Waals surface area (Å²) in [6.45, 7) is 7.17. The maximum atomic E-state index is 11.2. The monoisotopic (exact) mass is 292 g/mol. The van der Waals surface area contributed by atoms with Gasteiger partial charge in [0.05, 0.1) is 25.4 Å². The number of hydrogen-bond acceptors (Lipinski definition) is 6. The molecule has 0 saturated carbocycles. The van der Waals surface area contributed by atoms with Gasteiger partial charge in [0, 0.05) is 18.5 Å². The molecule has 0 bridgehead atoms. The van der Waals surface area contributed by atoms with Crippen molar-refractivity contribution in [1.82, 2.24) is 10.2 Å². The van der Waals surface area contributed by atoms with Crippen molar-refractivity contribution in [2.75, 3.05) is 33.4 Å². The minimum atomic E-state index is -0.954. The van der Waals surface area contributed by atoms with Crippen molar-refractivity contribution in [2.24, 2.45) is 17.3 Å². The normalized spacial score (nSPS) is 28.4. The minimum Gasteiger partial charge on any atom is -0.379 e. The Labute approximate surface area is 124 Å². The first kappa shape index (κ1) is 17.1. The highest BCUT2D eigenvalue weighted by atomic mass is 16.5. The van der Waals surface area contributed by atoms with Crippen molar-refractivity contribution in [2.45, 2.75) is 13.8 Å². The van der Waals surface area contributed by atoms with Crippen LogP contribution in [0.4, 0.5) is 0 Å². The van der Waals surface area contributed by atoms with Gasteiger partial charge in [0.1, 0.15) is 11.8 Å². The zero-order valence-corrected chi connectivity index (χ0v) is 12.5. The van der Waals surface area contributed by atoms with E-state index in [0.29, 0.717) is 0 Å². The van der Waals surface area contributed by atoms with Crippen molar-refractivity contribution in [3.63, 3.8) is 0 Å². The highest BCUT2D eigenvalue weighted by Crippen LogP contribution is 2.37. The van der Waals surface area contributed by atoms with Gasteiger partial charge in [-0.15, -0.1) is 0 Å². The van der Waals surface area contributed by atoms with Crippen molar-refractivity contribution < 1.29 is 14.3 Å². The fraction of sp³-hybridized carbons (Fsp3) is 0.714. The lowest BCUT2D eigenvalue weighted by atomic mass is 9.67. The molecule has 2 rings (SSSR count). The third-order valence-electron chi connectivity index (χ3n) is 3.75. The predicted octanol–water partition coefficient (Wildman–Crippen LogP) is -0.103. The van der Waals surface area contributed by atoms with Gasteiger partial charge in [0.15, 0.2) is 0 Å². The molecule has 0 radical (unpaired) electrons. The molecular weight excluding hydrogens is 272 g/mol. The Bertz CT molecular complexity index is 449. The van der Waals surface area contributed by atoms with E-state index in [9.17, 15) is 9.59 Å². The first-order valence-electron chi connectivity index (χ1n) is 6.74. The predicted molar refractivity (Wildman–Crippen MR) is 73.5 cm³/mol. The summed E-state index contributed by atoms with van der Waals surface area (Å²) in [5.41, 5.74) is -0.928. The molecule has 2 aliphatic heterocycles. The third-order valence-corrected chi connectivity index (χ3v) is 3.75. The van der Waals surface area contributed by atoms with E-state index in [4.69, 9.17) is 15.3 Å². The van der Waals surface area contributed by atoms with Crippen LogP contribution in [0.15, 0.2) is 0 Å². The number of imide groups is 1. The highest BCUT2D eigenvalue weighted by molar-refractivity contribution is 6.02. The van der Waals surface area contributed by atoms with Gasteiger partial charge in [-0.05, 0) is 7.05 Å². The van der Waals surface area contributed by atoms with Gasteiger partial charge in [0.2, 0.25) is 11.8 Å². The second kappa shape index (κ2) is 7.16. The van der Waals surface area contributed by atoms with Crippen molar-refractivity contribution in [1.29, 1.82) is 10.5 Å². The standard InChI is InChI=1S/C9H9N3O2.C5H11NO/c1-9(2)5(3-10)7(13)12-8(14)6(9)4-11;1-6-2-4-7-5-3-6/h5-6H,1-2H3,(H,12,13,14);2-5H2,1H3. The maximum Gasteiger partial charge on any atom is 0.244 e. The molecule has 7 nitrogen and oxygen atoms in total. The molecule has 2 saturated heterocycles. The van der Waals surface area contributed by atoms with Crippen LogP contribution in [0.25, 0.3) is 0 Å². The number of ether oxygens (including phenoxy) is 1. The van der Waals surface area contributed by atoms with E-state index in [1.54, 1.807) is 13.8 Å². The summed E-state index contributed by atoms with van der Waals surface area (Å²) in [6.07, 6.45) is 0. The number of likely N-dealkylation sites (N-methyl/N-ethyl adjacent to an activating group) is 1. The van der Waals surface area contributed by atoms with Gasteiger partial charge in [0.25, 0.3) is 0 Å². The largest absolute Gasteiger partial charge is 0.379 e. The average molecular weight is 292 g/mol. The Hall–Kier alpha value is -1.96. The molecule has 2 atom stereocenters. The molecule has 0 spiro atoms. The number of hydrogen-bond donors (Lipinski definition) is 1. The second-order valence-electron chi connectivity index (χ2n) is 5.71. The molecule has 2 unspecified atom stereocenters. The molecule has 21 heavy (non-hydrogen) atoms. The first-order valence-corrected chi connectivity index (χ1v) is 6.74. The summed E-state index contributed by atoms with van der Waals surface area (Å²) < 4.78 is 5.10. The molecular formula is C14H20N4O3. The lowest BCUT2D eigenvalue weighted by Crippen LogP contribution is -2.55. The summed E-state index contributed by atoms with van der Waals surface area (Å²) >= 11 is 0. The molecule has 7 heteroatoms. The van der Waals surface area contributed by atoms with Gasteiger partial charge >= 0.3 is 0 Å². The molecule has 2 aliphatic rings. The van der Waals surface area contributed by atoms with E-state index >= 15 is 0 Å². The molecule has 0 aliphatic carbocycles. The summed E-state index contributed by atoms with van der Waals surface area (Å²) in [7, 11) is 2.11. The van der Waals surface area contributed by atoms with Crippen LogP contribution in [-0.4, -0.2) is 50.1 Å². The number of rotatable bonds is 0. The summed E-state index contributed by atoms with van der Waals surface area (Å²) in [5, 5.41) is 19.5. The lowest BCUT2D eigenvalue weighted by Gasteiger charge is -2.36. The number of nitrogens with zero attached hydrogens (tertiary/aromatic N) is 3. The molecule has 1 N–H and O–H groups in total. The van der Waals surface area contributed by atoms with Crippen LogP contribution in [0.3, 0.4) is 0 Å². The number of carbonyl (C=O) groups is 2. The SMILES string of the molecule is CC1(C)C(C#N)C(=O)NC(=O)C1C#N.CN1CCOCC1. The van der Waals surface area contributed by atoms with Gasteiger partial charge in [-0.25, -0.2) is 0 Å². The van der Waals surface area contributed by atoms with E-state index in [-0.39, 0.29) is 0 Å². The Morgan fingerprint density at radius 1 is 1.14 bits per heavy atom. The number of amides is 2. The molecule has 0 aromatic rings. The first-order chi connectivity index (χ1) is 9.84. The van der Waals surface area contributed by atoms with Gasteiger partial charge in [-0.3, -0.25) is 14.9 Å². The Morgan fingerprint density at radius 2 is 1.57 bits per heavy atom. The number of piperidine rings is 1. The Morgan fingerprint density at radius 3 is 1.86 bits per heavy atom. The van der Waals surface area contributed by atoms with Crippen LogP contribution in [0, 0.1) is 39.9 Å². The van der Waals surface area contributed by atoms with Crippen LogP contribution in [-0.2, 0) is 14.3 Å². The minimum absolute atomic E-state index is 0.617. The third kappa shape index (κ3) is 4.01. The maximum absolute atomic E-state index is 11.2. The lowest BCUT2D eigenvalue weighted by molar-refractivity contribution is -0.143. The van der Waals surface area contributed by atoms with Gasteiger partial charge < -0.3 is 9.64 Å². The Balaban J connectivity index is 0.000000262. The fourth-order valence-electron chi connectivity index (χ4n) is 2.21. The van der Waals surface area contributed by atoms with E-state index in [0.717, 1.165) is 26.3 Å². The number of morpholine rings is 1. The molecule has 2 heterocycles. The van der Waals surface area contributed by atoms with E-state index in [1.165, 1.54) is 0 Å². The number of carbonyl (C=O) groups excluding carboxylic acids is 2. The van der Waals surface area contributed by atoms with Crippen LogP contribution >= 0.6 is 0 Å². The molecule has 2 fully saturated rings. The van der Waals surface area contributed by atoms with Crippen molar-refractivity contribution in [3.05, 3.63) is 0 Å². The highest BCUT2D eigenvalue weighted by Gasteiger charge is 2.50. The van der Waals surface area contributed by atoms with Crippen molar-refractivity contribution in [3.8, 4) is 12.1 Å². The average Bonchev–Trinajstić information content (AvgIpc) is 2.39. The topological polar surface area (TPSA) is 106 Å². The molecule has 114 valence electrons. The van der Waals surface area contributed by atoms with E-state index in [1.807, 2.05) is 17.5 Å². The van der Waals surface area contributed by atoms with E-state index < -0.39 is 29.1 Å². The van der Waals surface area contributed by atoms with Gasteiger partial charge in [-0.2, -0.15) is 10.5 Å². The number of nitriles is 2. The zero-order chi connectivity index (χ0) is 16.0. The molecule has 0 aromatic carbocycles. The summed E-state index contributed by atoms with van der Waals surface area (Å²) in [5.74, 6) is -3.14. The summed E-state index contributed by atoms with van der Waals surface area (Å²) in [4.78, 5) is 24.8. The molecule has 2 amide bonds. The van der Waals surface area contributed by atoms with Crippen LogP contribution in [0.1, 0.15) is 13.8 Å². The quantitative estimate of drug-likeness (QED) is 0.625. The van der Waals surface area contributed by atoms with Gasteiger partial charge in [-0.1, -0.05) is 13.8 Å². The van der Waals surface area contributed by atoms with Crippen molar-refractivity contribution >= 4 is 11.8 Å². The smallest absolute Gasteiger partial charge is 0.244 e. The van der Waals surface area contributed by atoms with Crippen LogP contribution in [0.5, 0.6) is 0 Å². The zero-order valence-electron chi connectivity index (χ0n) is 12.5. The van der Waals surface area contributed by atoms with Crippen LogP contribution < -0.4 is 5.32 Å². The number of nitrogens with one attached hydrogen (secondary N) is 1. The fourth-order valence-corrected chi connectivity index (χ4v) is 2.21. The van der Waals surface area contributed by atoms with Crippen LogP contribution in [0.2, 0.25) is 0 Å². The second-order valence-corrected chi connectivity index (χ2v) is 5.71.